The zero-order chi connectivity index (χ0) is 21.3. The van der Waals surface area contributed by atoms with Crippen molar-refractivity contribution in [2.24, 2.45) is 7.05 Å². The van der Waals surface area contributed by atoms with Gasteiger partial charge in [-0.1, -0.05) is 41.9 Å². The highest BCUT2D eigenvalue weighted by Crippen LogP contribution is 2.42. The molecule has 1 atom stereocenters. The lowest BCUT2D eigenvalue weighted by molar-refractivity contribution is 0.0880. The third-order valence-corrected chi connectivity index (χ3v) is 6.96. The van der Waals surface area contributed by atoms with Gasteiger partial charge in [0.2, 0.25) is 0 Å². The van der Waals surface area contributed by atoms with Crippen LogP contribution in [-0.4, -0.2) is 22.9 Å². The molecule has 2 aliphatic rings. The van der Waals surface area contributed by atoms with E-state index in [9.17, 15) is 9.59 Å². The number of rotatable bonds is 2. The molecule has 6 heteroatoms. The van der Waals surface area contributed by atoms with Gasteiger partial charge >= 0.3 is 0 Å². The van der Waals surface area contributed by atoms with Crippen molar-refractivity contribution in [2.75, 3.05) is 6.54 Å². The molecule has 2 aliphatic heterocycles. The Hall–Kier alpha value is -3.15. The second-order valence-corrected chi connectivity index (χ2v) is 8.72. The van der Waals surface area contributed by atoms with Crippen LogP contribution in [0.4, 0.5) is 0 Å². The smallest absolute Gasteiger partial charge is 0.259 e. The van der Waals surface area contributed by atoms with Gasteiger partial charge in [0.15, 0.2) is 0 Å². The molecule has 1 saturated heterocycles. The third-order valence-electron chi connectivity index (χ3n) is 6.63. The molecule has 1 fully saturated rings. The molecule has 6 rings (SSSR count). The molecule has 0 bridgehead atoms. The summed E-state index contributed by atoms with van der Waals surface area (Å²) in [7, 11) is 2.01. The van der Waals surface area contributed by atoms with E-state index in [0.717, 1.165) is 40.3 Å². The van der Waals surface area contributed by atoms with Crippen LogP contribution in [-0.2, 0) is 7.05 Å². The number of amides is 2. The van der Waals surface area contributed by atoms with Gasteiger partial charge < -0.3 is 9.88 Å². The number of hydrogen-bond donors (Lipinski definition) is 2. The molecule has 1 unspecified atom stereocenters. The fourth-order valence-electron chi connectivity index (χ4n) is 5.14. The van der Waals surface area contributed by atoms with Gasteiger partial charge in [-0.15, -0.1) is 0 Å². The summed E-state index contributed by atoms with van der Waals surface area (Å²) >= 11 is 6.48. The Kier molecular flexibility index (Phi) is 4.01. The number of nitrogens with zero attached hydrogens (tertiary/aromatic N) is 1. The lowest BCUT2D eigenvalue weighted by atomic mass is 9.92. The zero-order valence-corrected chi connectivity index (χ0v) is 17.7. The average molecular weight is 430 g/mol. The number of fused-ring (bicyclic) bond motifs is 5. The van der Waals surface area contributed by atoms with Gasteiger partial charge in [0.1, 0.15) is 0 Å². The largest absolute Gasteiger partial charge is 0.344 e. The van der Waals surface area contributed by atoms with Crippen LogP contribution >= 0.6 is 11.6 Å². The Morgan fingerprint density at radius 2 is 1.77 bits per heavy atom. The van der Waals surface area contributed by atoms with Crippen LogP contribution in [0.3, 0.4) is 0 Å². The Labute approximate surface area is 184 Å². The summed E-state index contributed by atoms with van der Waals surface area (Å²) < 4.78 is 2.11. The molecule has 0 aliphatic carbocycles. The lowest BCUT2D eigenvalue weighted by Crippen LogP contribution is -2.20. The fraction of sp³-hybridized carbons (Fsp3) is 0.200. The van der Waals surface area contributed by atoms with E-state index in [1.165, 1.54) is 12.0 Å². The highest BCUT2D eigenvalue weighted by atomic mass is 35.5. The van der Waals surface area contributed by atoms with Crippen LogP contribution in [0.25, 0.3) is 32.9 Å². The zero-order valence-electron chi connectivity index (χ0n) is 17.0. The summed E-state index contributed by atoms with van der Waals surface area (Å²) in [6.45, 7) is 1.04. The van der Waals surface area contributed by atoms with E-state index in [0.29, 0.717) is 27.8 Å². The van der Waals surface area contributed by atoms with E-state index in [1.807, 2.05) is 31.3 Å². The van der Waals surface area contributed by atoms with E-state index in [-0.39, 0.29) is 11.8 Å². The minimum atomic E-state index is -0.374. The monoisotopic (exact) mass is 429 g/mol. The number of aromatic nitrogens is 1. The second kappa shape index (κ2) is 6.67. The summed E-state index contributed by atoms with van der Waals surface area (Å²) in [5.41, 5.74) is 5.47. The van der Waals surface area contributed by atoms with Crippen molar-refractivity contribution in [3.05, 3.63) is 70.2 Å². The first-order valence-electron chi connectivity index (χ1n) is 10.5. The molecule has 2 N–H and O–H groups in total. The SMILES string of the molecule is Cn1c2cc(C3CCCN3)ccc2c2c3c(c(-c4ccccc4Cl)cc21)C(=O)NC3=O. The van der Waals surface area contributed by atoms with Crippen molar-refractivity contribution in [3.8, 4) is 11.1 Å². The highest BCUT2D eigenvalue weighted by Gasteiger charge is 2.34. The molecule has 5 nitrogen and oxygen atoms in total. The van der Waals surface area contributed by atoms with Gasteiger partial charge in [-0.05, 0) is 48.7 Å². The molecule has 1 aromatic heterocycles. The first-order chi connectivity index (χ1) is 15.0. The third kappa shape index (κ3) is 2.60. The van der Waals surface area contributed by atoms with Crippen molar-refractivity contribution in [3.63, 3.8) is 0 Å². The van der Waals surface area contributed by atoms with E-state index >= 15 is 0 Å². The number of aryl methyl sites for hydroxylation is 1. The van der Waals surface area contributed by atoms with Crippen molar-refractivity contribution >= 4 is 45.2 Å². The van der Waals surface area contributed by atoms with Crippen LogP contribution in [0.5, 0.6) is 0 Å². The number of carbonyl (C=O) groups is 2. The molecule has 3 aromatic carbocycles. The molecule has 3 heterocycles. The van der Waals surface area contributed by atoms with Gasteiger partial charge in [0, 0.05) is 40.0 Å². The average Bonchev–Trinajstić information content (AvgIpc) is 3.47. The molecular weight excluding hydrogens is 410 g/mol. The molecular formula is C25H20ClN3O2. The number of imide groups is 1. The first kappa shape index (κ1) is 18.6. The van der Waals surface area contributed by atoms with Crippen LogP contribution in [0, 0.1) is 0 Å². The van der Waals surface area contributed by atoms with Gasteiger partial charge in [0.25, 0.3) is 11.8 Å². The number of benzene rings is 3. The maximum absolute atomic E-state index is 12.9. The molecule has 0 saturated carbocycles. The van der Waals surface area contributed by atoms with Crippen molar-refractivity contribution < 1.29 is 9.59 Å². The normalized spacial score (nSPS) is 18.2. The number of carbonyl (C=O) groups excluding carboxylic acids is 2. The van der Waals surface area contributed by atoms with E-state index < -0.39 is 0 Å². The van der Waals surface area contributed by atoms with Gasteiger partial charge in [-0.3, -0.25) is 14.9 Å². The van der Waals surface area contributed by atoms with Crippen LogP contribution < -0.4 is 10.6 Å². The standard InChI is InChI=1S/C25H20ClN3O2/c1-29-19-11-13(18-7-4-10-27-18)8-9-15(19)21-20(29)12-16(14-5-2-3-6-17(14)26)22-23(21)25(31)28-24(22)30/h2-3,5-6,8-9,11-12,18,27H,4,7,10H2,1H3,(H,28,30,31). The second-order valence-electron chi connectivity index (χ2n) is 8.32. The Bertz CT molecular complexity index is 1430. The summed E-state index contributed by atoms with van der Waals surface area (Å²) in [5.74, 6) is -0.728. The number of nitrogens with one attached hydrogen (secondary N) is 2. The molecule has 0 radical (unpaired) electrons. The minimum Gasteiger partial charge on any atom is -0.344 e. The maximum Gasteiger partial charge on any atom is 0.259 e. The fourth-order valence-corrected chi connectivity index (χ4v) is 5.38. The van der Waals surface area contributed by atoms with Crippen molar-refractivity contribution in [2.45, 2.75) is 18.9 Å². The molecule has 154 valence electrons. The van der Waals surface area contributed by atoms with E-state index in [1.54, 1.807) is 6.07 Å². The Morgan fingerprint density at radius 3 is 2.55 bits per heavy atom. The van der Waals surface area contributed by atoms with Crippen LogP contribution in [0.15, 0.2) is 48.5 Å². The summed E-state index contributed by atoms with van der Waals surface area (Å²) in [4.78, 5) is 25.7. The summed E-state index contributed by atoms with van der Waals surface area (Å²) in [6.07, 6.45) is 2.30. The van der Waals surface area contributed by atoms with Gasteiger partial charge in [-0.25, -0.2) is 0 Å². The maximum atomic E-state index is 12.9. The number of halogens is 1. The summed E-state index contributed by atoms with van der Waals surface area (Å²) in [5, 5.41) is 8.38. The van der Waals surface area contributed by atoms with Crippen molar-refractivity contribution in [1.29, 1.82) is 0 Å². The lowest BCUT2D eigenvalue weighted by Gasteiger charge is -2.11. The minimum absolute atomic E-state index is 0.354. The predicted molar refractivity (Wildman–Crippen MR) is 123 cm³/mol. The topological polar surface area (TPSA) is 63.1 Å². The van der Waals surface area contributed by atoms with Gasteiger partial charge in [-0.2, -0.15) is 0 Å². The predicted octanol–water partition coefficient (Wildman–Crippen LogP) is 4.96. The molecule has 2 amide bonds. The first-order valence-corrected chi connectivity index (χ1v) is 10.9. The number of hydrogen-bond acceptors (Lipinski definition) is 3. The molecule has 4 aromatic rings. The van der Waals surface area contributed by atoms with Crippen LogP contribution in [0.1, 0.15) is 45.2 Å². The van der Waals surface area contributed by atoms with E-state index in [4.69, 9.17) is 11.6 Å². The van der Waals surface area contributed by atoms with Crippen molar-refractivity contribution in [1.82, 2.24) is 15.2 Å². The quantitative estimate of drug-likeness (QED) is 0.443. The van der Waals surface area contributed by atoms with Gasteiger partial charge in [0.05, 0.1) is 16.6 Å². The Balaban J connectivity index is 1.71. The van der Waals surface area contributed by atoms with E-state index in [2.05, 4.69) is 33.4 Å². The highest BCUT2D eigenvalue weighted by molar-refractivity contribution is 6.36. The van der Waals surface area contributed by atoms with Crippen LogP contribution in [0.2, 0.25) is 5.02 Å². The molecule has 0 spiro atoms. The molecule has 31 heavy (non-hydrogen) atoms. The summed E-state index contributed by atoms with van der Waals surface area (Å²) in [6, 6.07) is 16.2. The Morgan fingerprint density at radius 1 is 0.968 bits per heavy atom.